The van der Waals surface area contributed by atoms with Gasteiger partial charge in [0.25, 0.3) is 0 Å². The second kappa shape index (κ2) is 7.66. The maximum atomic E-state index is 11.7. The fraction of sp³-hybridized carbons (Fsp3) is 0.923. The van der Waals surface area contributed by atoms with E-state index in [-0.39, 0.29) is 5.91 Å². The van der Waals surface area contributed by atoms with Crippen LogP contribution in [-0.4, -0.2) is 25.0 Å². The van der Waals surface area contributed by atoms with Gasteiger partial charge >= 0.3 is 0 Å². The summed E-state index contributed by atoms with van der Waals surface area (Å²) < 4.78 is 0. The number of rotatable bonds is 6. The molecule has 1 saturated heterocycles. The molecule has 1 rings (SSSR count). The van der Waals surface area contributed by atoms with Gasteiger partial charge in [-0.1, -0.05) is 33.1 Å². The minimum Gasteiger partial charge on any atom is -0.352 e. The molecule has 2 unspecified atom stereocenters. The second-order valence-corrected chi connectivity index (χ2v) is 4.95. The summed E-state index contributed by atoms with van der Waals surface area (Å²) in [6.45, 7) is 6.43. The molecule has 0 spiro atoms. The molecule has 2 N–H and O–H groups in total. The lowest BCUT2D eigenvalue weighted by Gasteiger charge is -2.30. The highest BCUT2D eigenvalue weighted by Crippen LogP contribution is 2.11. The molecular weight excluding hydrogens is 200 g/mol. The van der Waals surface area contributed by atoms with Crippen molar-refractivity contribution in [1.29, 1.82) is 0 Å². The predicted octanol–water partition coefficient (Wildman–Crippen LogP) is 2.07. The molecule has 2 atom stereocenters. The second-order valence-electron chi connectivity index (χ2n) is 4.95. The molecule has 3 nitrogen and oxygen atoms in total. The van der Waals surface area contributed by atoms with Crippen LogP contribution in [0.5, 0.6) is 0 Å². The van der Waals surface area contributed by atoms with Crippen LogP contribution >= 0.6 is 0 Å². The molecule has 16 heavy (non-hydrogen) atoms. The smallest absolute Gasteiger partial charge is 0.220 e. The highest BCUT2D eigenvalue weighted by atomic mass is 16.1. The van der Waals surface area contributed by atoms with Crippen molar-refractivity contribution in [3.8, 4) is 0 Å². The summed E-state index contributed by atoms with van der Waals surface area (Å²) >= 11 is 0. The molecule has 0 aromatic heterocycles. The van der Waals surface area contributed by atoms with Gasteiger partial charge in [0, 0.05) is 19.0 Å². The van der Waals surface area contributed by atoms with Crippen molar-refractivity contribution in [1.82, 2.24) is 10.6 Å². The third-order valence-corrected chi connectivity index (χ3v) is 3.43. The topological polar surface area (TPSA) is 41.1 Å². The van der Waals surface area contributed by atoms with Crippen molar-refractivity contribution < 1.29 is 4.79 Å². The Morgan fingerprint density at radius 1 is 1.38 bits per heavy atom. The highest BCUT2D eigenvalue weighted by molar-refractivity contribution is 5.76. The lowest BCUT2D eigenvalue weighted by Crippen LogP contribution is -2.50. The number of hydrogen-bond donors (Lipinski definition) is 2. The van der Waals surface area contributed by atoms with E-state index >= 15 is 0 Å². The van der Waals surface area contributed by atoms with E-state index in [9.17, 15) is 4.79 Å². The van der Waals surface area contributed by atoms with Crippen molar-refractivity contribution in [3.05, 3.63) is 0 Å². The third kappa shape index (κ3) is 4.97. The average molecular weight is 226 g/mol. The summed E-state index contributed by atoms with van der Waals surface area (Å²) in [5.41, 5.74) is 0. The SMILES string of the molecule is CCCCCCC(=O)NC1CNCCC1C. The van der Waals surface area contributed by atoms with Crippen molar-refractivity contribution >= 4 is 5.91 Å². The van der Waals surface area contributed by atoms with Crippen LogP contribution in [-0.2, 0) is 4.79 Å². The van der Waals surface area contributed by atoms with Crippen molar-refractivity contribution in [3.63, 3.8) is 0 Å². The number of nitrogens with one attached hydrogen (secondary N) is 2. The number of carbonyl (C=O) groups is 1. The molecule has 1 aliphatic rings. The number of unbranched alkanes of at least 4 members (excludes halogenated alkanes) is 3. The van der Waals surface area contributed by atoms with Crippen LogP contribution in [0.3, 0.4) is 0 Å². The zero-order valence-electron chi connectivity index (χ0n) is 10.7. The molecule has 94 valence electrons. The van der Waals surface area contributed by atoms with Gasteiger partial charge in [0.2, 0.25) is 5.91 Å². The Hall–Kier alpha value is -0.570. The minimum absolute atomic E-state index is 0.233. The fourth-order valence-corrected chi connectivity index (χ4v) is 2.17. The monoisotopic (exact) mass is 226 g/mol. The van der Waals surface area contributed by atoms with E-state index in [1.54, 1.807) is 0 Å². The highest BCUT2D eigenvalue weighted by Gasteiger charge is 2.21. The van der Waals surface area contributed by atoms with Crippen LogP contribution in [0.15, 0.2) is 0 Å². The van der Waals surface area contributed by atoms with Gasteiger partial charge in [-0.2, -0.15) is 0 Å². The Morgan fingerprint density at radius 3 is 2.88 bits per heavy atom. The maximum Gasteiger partial charge on any atom is 0.220 e. The van der Waals surface area contributed by atoms with Gasteiger partial charge in [0.1, 0.15) is 0 Å². The van der Waals surface area contributed by atoms with Gasteiger partial charge in [-0.3, -0.25) is 4.79 Å². The lowest BCUT2D eigenvalue weighted by atomic mass is 9.94. The van der Waals surface area contributed by atoms with E-state index in [4.69, 9.17) is 0 Å². The lowest BCUT2D eigenvalue weighted by molar-refractivity contribution is -0.122. The maximum absolute atomic E-state index is 11.7. The van der Waals surface area contributed by atoms with E-state index in [1.807, 2.05) is 0 Å². The molecule has 1 aliphatic heterocycles. The van der Waals surface area contributed by atoms with Gasteiger partial charge in [-0.25, -0.2) is 0 Å². The summed E-state index contributed by atoms with van der Waals surface area (Å²) in [6, 6.07) is 0.340. The van der Waals surface area contributed by atoms with E-state index < -0.39 is 0 Å². The molecule has 1 heterocycles. The van der Waals surface area contributed by atoms with Crippen LogP contribution in [0.25, 0.3) is 0 Å². The molecule has 0 aromatic rings. The first-order chi connectivity index (χ1) is 7.74. The summed E-state index contributed by atoms with van der Waals surface area (Å²) in [5.74, 6) is 0.845. The molecule has 1 amide bonds. The van der Waals surface area contributed by atoms with Crippen LogP contribution in [0.2, 0.25) is 0 Å². The van der Waals surface area contributed by atoms with Gasteiger partial charge in [0.15, 0.2) is 0 Å². The summed E-state index contributed by atoms with van der Waals surface area (Å²) in [4.78, 5) is 11.7. The van der Waals surface area contributed by atoms with Gasteiger partial charge in [-0.05, 0) is 25.3 Å². The Balaban J connectivity index is 2.12. The van der Waals surface area contributed by atoms with E-state index in [0.29, 0.717) is 18.4 Å². The van der Waals surface area contributed by atoms with E-state index in [2.05, 4.69) is 24.5 Å². The van der Waals surface area contributed by atoms with Gasteiger partial charge < -0.3 is 10.6 Å². The van der Waals surface area contributed by atoms with Crippen molar-refractivity contribution in [2.45, 2.75) is 58.4 Å². The third-order valence-electron chi connectivity index (χ3n) is 3.43. The standard InChI is InChI=1S/C13H26N2O/c1-3-4-5-6-7-13(16)15-12-10-14-9-8-11(12)2/h11-12,14H,3-10H2,1-2H3,(H,15,16). The Morgan fingerprint density at radius 2 is 2.19 bits per heavy atom. The summed E-state index contributed by atoms with van der Waals surface area (Å²) in [5, 5.41) is 6.48. The van der Waals surface area contributed by atoms with Crippen LogP contribution in [0.4, 0.5) is 0 Å². The van der Waals surface area contributed by atoms with E-state index in [1.165, 1.54) is 25.7 Å². The van der Waals surface area contributed by atoms with E-state index in [0.717, 1.165) is 19.5 Å². The fourth-order valence-electron chi connectivity index (χ4n) is 2.17. The van der Waals surface area contributed by atoms with Crippen LogP contribution < -0.4 is 10.6 Å². The van der Waals surface area contributed by atoms with Gasteiger partial charge in [-0.15, -0.1) is 0 Å². The quantitative estimate of drug-likeness (QED) is 0.681. The zero-order chi connectivity index (χ0) is 11.8. The molecule has 0 radical (unpaired) electrons. The van der Waals surface area contributed by atoms with Crippen LogP contribution in [0, 0.1) is 5.92 Å². The molecule has 3 heteroatoms. The Bertz CT molecular complexity index is 206. The molecule has 1 fully saturated rings. The Labute approximate surface area is 99.4 Å². The number of amides is 1. The first-order valence-corrected chi connectivity index (χ1v) is 6.74. The number of piperidine rings is 1. The molecule has 0 bridgehead atoms. The number of carbonyl (C=O) groups excluding carboxylic acids is 1. The minimum atomic E-state index is 0.233. The first-order valence-electron chi connectivity index (χ1n) is 6.74. The predicted molar refractivity (Wildman–Crippen MR) is 67.3 cm³/mol. The first kappa shape index (κ1) is 13.5. The summed E-state index contributed by atoms with van der Waals surface area (Å²) in [6.07, 6.45) is 6.56. The molecule has 0 aromatic carbocycles. The van der Waals surface area contributed by atoms with Crippen molar-refractivity contribution in [2.75, 3.05) is 13.1 Å². The summed E-state index contributed by atoms with van der Waals surface area (Å²) in [7, 11) is 0. The molecule has 0 aliphatic carbocycles. The molecular formula is C13H26N2O. The average Bonchev–Trinajstić information content (AvgIpc) is 2.28. The molecule has 0 saturated carbocycles. The van der Waals surface area contributed by atoms with Crippen molar-refractivity contribution in [2.24, 2.45) is 5.92 Å². The largest absolute Gasteiger partial charge is 0.352 e. The zero-order valence-corrected chi connectivity index (χ0v) is 10.7. The van der Waals surface area contributed by atoms with Gasteiger partial charge in [0.05, 0.1) is 0 Å². The number of hydrogen-bond acceptors (Lipinski definition) is 2. The van der Waals surface area contributed by atoms with Crippen LogP contribution in [0.1, 0.15) is 52.4 Å². The normalized spacial score (nSPS) is 25.4. The Kier molecular flexibility index (Phi) is 6.46.